The highest BCUT2D eigenvalue weighted by Gasteiger charge is 2.36. The van der Waals surface area contributed by atoms with E-state index in [1.165, 1.54) is 0 Å². The van der Waals surface area contributed by atoms with Crippen LogP contribution in [0.2, 0.25) is 0 Å². The fraction of sp³-hybridized carbons (Fsp3) is 0.571. The highest BCUT2D eigenvalue weighted by atomic mass is 16.5. The summed E-state index contributed by atoms with van der Waals surface area (Å²) in [6.45, 7) is 0. The van der Waals surface area contributed by atoms with Crippen LogP contribution < -0.4 is 4.74 Å². The smallest absolute Gasteiger partial charge is 0.124 e. The molecule has 1 saturated carbocycles. The van der Waals surface area contributed by atoms with E-state index >= 15 is 0 Å². The number of para-hydroxylation sites is 1. The molecule has 1 aliphatic carbocycles. The summed E-state index contributed by atoms with van der Waals surface area (Å²) in [5, 5.41) is 10.7. The molecule has 0 bridgehead atoms. The van der Waals surface area contributed by atoms with Gasteiger partial charge < -0.3 is 14.6 Å². The van der Waals surface area contributed by atoms with Crippen LogP contribution in [0.1, 0.15) is 31.2 Å². The highest BCUT2D eigenvalue weighted by molar-refractivity contribution is 5.38. The number of ether oxygens (including phenoxy) is 2. The summed E-state index contributed by atoms with van der Waals surface area (Å²) >= 11 is 0. The van der Waals surface area contributed by atoms with Crippen LogP contribution in [-0.4, -0.2) is 25.4 Å². The summed E-state index contributed by atoms with van der Waals surface area (Å²) in [6, 6.07) is 7.71. The van der Waals surface area contributed by atoms with Crippen molar-refractivity contribution in [1.29, 1.82) is 0 Å². The number of aliphatic hydroxyl groups is 1. The third-order valence-corrected chi connectivity index (χ3v) is 3.70. The minimum atomic E-state index is -0.762. The van der Waals surface area contributed by atoms with Gasteiger partial charge in [-0.3, -0.25) is 0 Å². The Morgan fingerprint density at radius 2 is 1.82 bits per heavy atom. The van der Waals surface area contributed by atoms with Gasteiger partial charge in [0.15, 0.2) is 0 Å². The second-order valence-corrected chi connectivity index (χ2v) is 4.67. The highest BCUT2D eigenvalue weighted by Crippen LogP contribution is 2.41. The molecule has 1 N–H and O–H groups in total. The minimum Gasteiger partial charge on any atom is -0.496 e. The number of hydrogen-bond donors (Lipinski definition) is 1. The largest absolute Gasteiger partial charge is 0.496 e. The second kappa shape index (κ2) is 5.07. The lowest BCUT2D eigenvalue weighted by Gasteiger charge is -2.36. The van der Waals surface area contributed by atoms with E-state index in [1.54, 1.807) is 14.2 Å². The van der Waals surface area contributed by atoms with Crippen molar-refractivity contribution >= 4 is 0 Å². The third-order valence-electron chi connectivity index (χ3n) is 3.70. The van der Waals surface area contributed by atoms with Gasteiger partial charge in [0.1, 0.15) is 5.75 Å². The van der Waals surface area contributed by atoms with E-state index in [-0.39, 0.29) is 6.10 Å². The summed E-state index contributed by atoms with van der Waals surface area (Å²) in [4.78, 5) is 0. The standard InChI is InChI=1S/C14H20O3/c1-16-11-7-9-14(15,10-8-11)12-5-3-4-6-13(12)17-2/h3-6,11,15H,7-10H2,1-2H3. The van der Waals surface area contributed by atoms with E-state index < -0.39 is 5.60 Å². The quantitative estimate of drug-likeness (QED) is 0.876. The summed E-state index contributed by atoms with van der Waals surface area (Å²) in [5.41, 5.74) is 0.138. The molecule has 0 spiro atoms. The fourth-order valence-electron chi connectivity index (χ4n) is 2.60. The van der Waals surface area contributed by atoms with Crippen molar-refractivity contribution in [2.45, 2.75) is 37.4 Å². The van der Waals surface area contributed by atoms with Crippen LogP contribution in [0, 0.1) is 0 Å². The number of methoxy groups -OCH3 is 2. The average molecular weight is 236 g/mol. The van der Waals surface area contributed by atoms with Crippen molar-refractivity contribution in [1.82, 2.24) is 0 Å². The lowest BCUT2D eigenvalue weighted by molar-refractivity contribution is -0.0485. The zero-order valence-corrected chi connectivity index (χ0v) is 10.5. The van der Waals surface area contributed by atoms with Crippen LogP contribution in [0.3, 0.4) is 0 Å². The molecule has 0 atom stereocenters. The maximum absolute atomic E-state index is 10.7. The molecule has 1 aliphatic rings. The van der Waals surface area contributed by atoms with E-state index in [2.05, 4.69) is 0 Å². The number of rotatable bonds is 3. The Bertz CT molecular complexity index is 367. The fourth-order valence-corrected chi connectivity index (χ4v) is 2.60. The first-order valence-electron chi connectivity index (χ1n) is 6.08. The molecule has 94 valence electrons. The van der Waals surface area contributed by atoms with Gasteiger partial charge in [-0.1, -0.05) is 18.2 Å². The maximum Gasteiger partial charge on any atom is 0.124 e. The number of benzene rings is 1. The molecule has 0 aliphatic heterocycles. The van der Waals surface area contributed by atoms with Gasteiger partial charge in [-0.15, -0.1) is 0 Å². The molecular formula is C14H20O3. The molecule has 0 saturated heterocycles. The minimum absolute atomic E-state index is 0.282. The zero-order chi connectivity index (χ0) is 12.3. The molecule has 2 rings (SSSR count). The van der Waals surface area contributed by atoms with Crippen molar-refractivity contribution in [3.8, 4) is 5.75 Å². The van der Waals surface area contributed by atoms with Gasteiger partial charge in [-0.05, 0) is 31.7 Å². The van der Waals surface area contributed by atoms with E-state index in [0.29, 0.717) is 0 Å². The Morgan fingerprint density at radius 1 is 1.18 bits per heavy atom. The summed E-state index contributed by atoms with van der Waals surface area (Å²) in [6.07, 6.45) is 3.53. The Hall–Kier alpha value is -1.06. The summed E-state index contributed by atoms with van der Waals surface area (Å²) in [5.74, 6) is 0.769. The van der Waals surface area contributed by atoms with Gasteiger partial charge in [-0.25, -0.2) is 0 Å². The van der Waals surface area contributed by atoms with Crippen LogP contribution in [0.4, 0.5) is 0 Å². The Labute approximate surface area is 102 Å². The Morgan fingerprint density at radius 3 is 2.41 bits per heavy atom. The molecule has 3 nitrogen and oxygen atoms in total. The van der Waals surface area contributed by atoms with Crippen molar-refractivity contribution < 1.29 is 14.6 Å². The molecule has 3 heteroatoms. The zero-order valence-electron chi connectivity index (χ0n) is 10.5. The lowest BCUT2D eigenvalue weighted by atomic mass is 9.78. The Kier molecular flexibility index (Phi) is 3.69. The Balaban J connectivity index is 2.21. The van der Waals surface area contributed by atoms with Crippen molar-refractivity contribution in [2.75, 3.05) is 14.2 Å². The second-order valence-electron chi connectivity index (χ2n) is 4.67. The van der Waals surface area contributed by atoms with Crippen LogP contribution in [-0.2, 0) is 10.3 Å². The van der Waals surface area contributed by atoms with Gasteiger partial charge in [0.2, 0.25) is 0 Å². The van der Waals surface area contributed by atoms with Gasteiger partial charge in [0, 0.05) is 12.7 Å². The normalized spacial score (nSPS) is 29.0. The van der Waals surface area contributed by atoms with Crippen LogP contribution >= 0.6 is 0 Å². The van der Waals surface area contributed by atoms with Crippen LogP contribution in [0.5, 0.6) is 5.75 Å². The van der Waals surface area contributed by atoms with Gasteiger partial charge >= 0.3 is 0 Å². The first-order valence-corrected chi connectivity index (χ1v) is 6.08. The van der Waals surface area contributed by atoms with Gasteiger partial charge in [0.05, 0.1) is 18.8 Å². The van der Waals surface area contributed by atoms with Gasteiger partial charge in [-0.2, -0.15) is 0 Å². The van der Waals surface area contributed by atoms with Crippen molar-refractivity contribution in [2.24, 2.45) is 0 Å². The third kappa shape index (κ3) is 2.45. The van der Waals surface area contributed by atoms with Crippen LogP contribution in [0.15, 0.2) is 24.3 Å². The van der Waals surface area contributed by atoms with E-state index in [0.717, 1.165) is 37.0 Å². The molecule has 1 aromatic carbocycles. The van der Waals surface area contributed by atoms with E-state index in [4.69, 9.17) is 9.47 Å². The molecule has 0 amide bonds. The maximum atomic E-state index is 10.7. The average Bonchev–Trinajstić information content (AvgIpc) is 2.39. The van der Waals surface area contributed by atoms with E-state index in [1.807, 2.05) is 24.3 Å². The molecule has 0 radical (unpaired) electrons. The van der Waals surface area contributed by atoms with Crippen molar-refractivity contribution in [3.63, 3.8) is 0 Å². The summed E-state index contributed by atoms with van der Waals surface area (Å²) < 4.78 is 10.7. The predicted octanol–water partition coefficient (Wildman–Crippen LogP) is 2.47. The van der Waals surface area contributed by atoms with Crippen molar-refractivity contribution in [3.05, 3.63) is 29.8 Å². The molecule has 0 aromatic heterocycles. The number of hydrogen-bond acceptors (Lipinski definition) is 3. The molecule has 1 fully saturated rings. The first kappa shape index (κ1) is 12.4. The molecular weight excluding hydrogens is 216 g/mol. The summed E-state index contributed by atoms with van der Waals surface area (Å²) in [7, 11) is 3.38. The lowest BCUT2D eigenvalue weighted by Crippen LogP contribution is -2.34. The first-order chi connectivity index (χ1) is 8.19. The molecule has 0 unspecified atom stereocenters. The SMILES string of the molecule is COc1ccccc1C1(O)CCC(OC)CC1. The molecule has 0 heterocycles. The monoisotopic (exact) mass is 236 g/mol. The molecule has 1 aromatic rings. The van der Waals surface area contributed by atoms with E-state index in [9.17, 15) is 5.11 Å². The van der Waals surface area contributed by atoms with Gasteiger partial charge in [0.25, 0.3) is 0 Å². The predicted molar refractivity (Wildman–Crippen MR) is 66.2 cm³/mol. The van der Waals surface area contributed by atoms with Crippen LogP contribution in [0.25, 0.3) is 0 Å². The topological polar surface area (TPSA) is 38.7 Å². The molecule has 17 heavy (non-hydrogen) atoms.